The molecule has 0 heterocycles. The van der Waals surface area contributed by atoms with Crippen LogP contribution in [0.25, 0.3) is 0 Å². The summed E-state index contributed by atoms with van der Waals surface area (Å²) in [6.07, 6.45) is 0.289. The number of hydrogen-bond donors (Lipinski definition) is 1. The molecule has 1 aromatic rings. The van der Waals surface area contributed by atoms with Crippen molar-refractivity contribution in [2.45, 2.75) is 52.6 Å². The summed E-state index contributed by atoms with van der Waals surface area (Å²) in [5.41, 5.74) is 3.54. The smallest absolute Gasteiger partial charge is 0.126 e. The third kappa shape index (κ3) is 3.22. The topological polar surface area (TPSA) is 29.5 Å². The Morgan fingerprint density at radius 2 is 1.88 bits per heavy atom. The van der Waals surface area contributed by atoms with Crippen LogP contribution >= 0.6 is 0 Å². The minimum atomic E-state index is -0.349. The maximum Gasteiger partial charge on any atom is 0.126 e. The predicted molar refractivity (Wildman–Crippen MR) is 71.8 cm³/mol. The number of aryl methyl sites for hydroxylation is 1. The Labute approximate surface area is 105 Å². The number of rotatable bonds is 3. The average molecular weight is 236 g/mol. The van der Waals surface area contributed by atoms with E-state index in [-0.39, 0.29) is 11.5 Å². The lowest BCUT2D eigenvalue weighted by molar-refractivity contribution is 0.193. The number of hydrogen-bond acceptors (Lipinski definition) is 2. The first-order chi connectivity index (χ1) is 7.77. The Morgan fingerprint density at radius 1 is 1.29 bits per heavy atom. The largest absolute Gasteiger partial charge is 0.496 e. The third-order valence-corrected chi connectivity index (χ3v) is 3.01. The van der Waals surface area contributed by atoms with E-state index in [9.17, 15) is 5.11 Å². The molecular weight excluding hydrogens is 212 g/mol. The lowest BCUT2D eigenvalue weighted by Gasteiger charge is -2.25. The normalized spacial score (nSPS) is 13.6. The van der Waals surface area contributed by atoms with Crippen molar-refractivity contribution in [1.82, 2.24) is 0 Å². The van der Waals surface area contributed by atoms with E-state index in [1.807, 2.05) is 6.92 Å². The lowest BCUT2D eigenvalue weighted by Crippen LogP contribution is -2.16. The molecule has 0 aliphatic carbocycles. The fraction of sp³-hybridized carbons (Fsp3) is 0.600. The van der Waals surface area contributed by atoms with Gasteiger partial charge in [0.05, 0.1) is 13.2 Å². The molecule has 96 valence electrons. The van der Waals surface area contributed by atoms with Crippen molar-refractivity contribution in [3.63, 3.8) is 0 Å². The molecule has 0 aliphatic heterocycles. The van der Waals surface area contributed by atoms with Crippen molar-refractivity contribution < 1.29 is 9.84 Å². The molecule has 1 aromatic carbocycles. The van der Waals surface area contributed by atoms with Gasteiger partial charge >= 0.3 is 0 Å². The fourth-order valence-electron chi connectivity index (χ4n) is 2.10. The summed E-state index contributed by atoms with van der Waals surface area (Å²) in [5.74, 6) is 0.929. The van der Waals surface area contributed by atoms with E-state index in [0.29, 0.717) is 6.42 Å². The van der Waals surface area contributed by atoms with Crippen LogP contribution in [0.15, 0.2) is 12.1 Å². The molecule has 1 unspecified atom stereocenters. The van der Waals surface area contributed by atoms with E-state index < -0.39 is 0 Å². The van der Waals surface area contributed by atoms with Gasteiger partial charge in [-0.2, -0.15) is 0 Å². The molecule has 0 aliphatic rings. The summed E-state index contributed by atoms with van der Waals surface area (Å²) in [4.78, 5) is 0. The minimum Gasteiger partial charge on any atom is -0.496 e. The van der Waals surface area contributed by atoms with Crippen molar-refractivity contribution in [2.75, 3.05) is 7.11 Å². The summed E-state index contributed by atoms with van der Waals surface area (Å²) in [5, 5.41) is 9.59. The second kappa shape index (κ2) is 5.09. The van der Waals surface area contributed by atoms with E-state index in [4.69, 9.17) is 4.74 Å². The van der Waals surface area contributed by atoms with Gasteiger partial charge in [-0.05, 0) is 36.0 Å². The molecule has 0 bridgehead atoms. The van der Waals surface area contributed by atoms with Gasteiger partial charge in [-0.15, -0.1) is 0 Å². The first kappa shape index (κ1) is 14.0. The van der Waals surface area contributed by atoms with Crippen LogP contribution in [0.4, 0.5) is 0 Å². The zero-order chi connectivity index (χ0) is 13.2. The summed E-state index contributed by atoms with van der Waals surface area (Å²) in [7, 11) is 1.70. The van der Waals surface area contributed by atoms with E-state index in [1.165, 1.54) is 11.1 Å². The van der Waals surface area contributed by atoms with Crippen LogP contribution in [-0.2, 0) is 11.8 Å². The van der Waals surface area contributed by atoms with Crippen LogP contribution in [0.1, 0.15) is 44.4 Å². The molecule has 0 saturated carbocycles. The summed E-state index contributed by atoms with van der Waals surface area (Å²) in [6, 6.07) is 4.24. The molecule has 1 atom stereocenters. The molecule has 0 fully saturated rings. The van der Waals surface area contributed by atoms with Crippen LogP contribution < -0.4 is 4.74 Å². The van der Waals surface area contributed by atoms with Gasteiger partial charge in [-0.25, -0.2) is 0 Å². The second-order valence-corrected chi connectivity index (χ2v) is 5.74. The maximum atomic E-state index is 9.59. The van der Waals surface area contributed by atoms with Crippen molar-refractivity contribution in [3.8, 4) is 5.75 Å². The van der Waals surface area contributed by atoms with E-state index >= 15 is 0 Å². The lowest BCUT2D eigenvalue weighted by atomic mass is 9.83. The van der Waals surface area contributed by atoms with Gasteiger partial charge in [-0.3, -0.25) is 0 Å². The van der Waals surface area contributed by atoms with Gasteiger partial charge < -0.3 is 9.84 Å². The molecule has 2 nitrogen and oxygen atoms in total. The molecule has 0 amide bonds. The fourth-order valence-corrected chi connectivity index (χ4v) is 2.10. The Bertz CT molecular complexity index is 387. The van der Waals surface area contributed by atoms with Gasteiger partial charge in [0.15, 0.2) is 0 Å². The summed E-state index contributed by atoms with van der Waals surface area (Å²) in [6.45, 7) is 10.4. The second-order valence-electron chi connectivity index (χ2n) is 5.74. The molecular formula is C15H24O2. The van der Waals surface area contributed by atoms with Gasteiger partial charge in [0.2, 0.25) is 0 Å². The van der Waals surface area contributed by atoms with E-state index in [2.05, 4.69) is 39.8 Å². The monoisotopic (exact) mass is 236 g/mol. The van der Waals surface area contributed by atoms with Crippen molar-refractivity contribution in [2.24, 2.45) is 0 Å². The number of ether oxygens (including phenoxy) is 1. The highest BCUT2D eigenvalue weighted by Gasteiger charge is 2.22. The van der Waals surface area contributed by atoms with Gasteiger partial charge in [0.1, 0.15) is 5.75 Å². The molecule has 1 N–H and O–H groups in total. The van der Waals surface area contributed by atoms with Crippen LogP contribution in [0.5, 0.6) is 5.75 Å². The van der Waals surface area contributed by atoms with Gasteiger partial charge in [-0.1, -0.05) is 32.9 Å². The Hall–Kier alpha value is -1.02. The van der Waals surface area contributed by atoms with Gasteiger partial charge in [0, 0.05) is 6.42 Å². The van der Waals surface area contributed by atoms with Crippen LogP contribution in [0.2, 0.25) is 0 Å². The summed E-state index contributed by atoms with van der Waals surface area (Å²) < 4.78 is 5.57. The first-order valence-electron chi connectivity index (χ1n) is 6.12. The van der Waals surface area contributed by atoms with Crippen molar-refractivity contribution >= 4 is 0 Å². The SMILES string of the molecule is COc1c(C(C)(C)C)ccc(C)c1CC(C)O. The first-order valence-corrected chi connectivity index (χ1v) is 6.12. The molecule has 0 radical (unpaired) electrons. The predicted octanol–water partition coefficient (Wildman–Crippen LogP) is 3.22. The number of aliphatic hydroxyl groups is 1. The molecule has 2 heteroatoms. The highest BCUT2D eigenvalue weighted by atomic mass is 16.5. The molecule has 0 saturated heterocycles. The highest BCUT2D eigenvalue weighted by Crippen LogP contribution is 2.36. The molecule has 0 aromatic heterocycles. The Kier molecular flexibility index (Phi) is 4.21. The average Bonchev–Trinajstić information content (AvgIpc) is 2.18. The zero-order valence-corrected chi connectivity index (χ0v) is 11.8. The van der Waals surface area contributed by atoms with E-state index in [0.717, 1.165) is 11.3 Å². The van der Waals surface area contributed by atoms with Crippen LogP contribution in [-0.4, -0.2) is 18.3 Å². The molecule has 17 heavy (non-hydrogen) atoms. The standard InChI is InChI=1S/C15H24O2/c1-10-7-8-13(15(3,4)5)14(17-6)12(10)9-11(2)16/h7-8,11,16H,9H2,1-6H3. The van der Waals surface area contributed by atoms with Gasteiger partial charge in [0.25, 0.3) is 0 Å². The number of methoxy groups -OCH3 is 1. The Balaban J connectivity index is 3.36. The number of benzene rings is 1. The van der Waals surface area contributed by atoms with E-state index in [1.54, 1.807) is 7.11 Å². The Morgan fingerprint density at radius 3 is 2.29 bits per heavy atom. The summed E-state index contributed by atoms with van der Waals surface area (Å²) >= 11 is 0. The van der Waals surface area contributed by atoms with Crippen LogP contribution in [0, 0.1) is 6.92 Å². The number of aliphatic hydroxyl groups excluding tert-OH is 1. The third-order valence-electron chi connectivity index (χ3n) is 3.01. The quantitative estimate of drug-likeness (QED) is 0.873. The highest BCUT2D eigenvalue weighted by molar-refractivity contribution is 5.49. The molecule has 1 rings (SSSR count). The minimum absolute atomic E-state index is 0.0481. The zero-order valence-electron chi connectivity index (χ0n) is 11.8. The van der Waals surface area contributed by atoms with Crippen LogP contribution in [0.3, 0.4) is 0 Å². The van der Waals surface area contributed by atoms with Crippen molar-refractivity contribution in [3.05, 3.63) is 28.8 Å². The molecule has 0 spiro atoms. The maximum absolute atomic E-state index is 9.59. The van der Waals surface area contributed by atoms with Crippen molar-refractivity contribution in [1.29, 1.82) is 0 Å².